The molecule has 2 aromatic rings. The minimum atomic E-state index is -0.0144. The average Bonchev–Trinajstić information content (AvgIpc) is 3.25. The van der Waals surface area contributed by atoms with Crippen molar-refractivity contribution in [2.75, 3.05) is 19.8 Å². The van der Waals surface area contributed by atoms with Gasteiger partial charge in [-0.2, -0.15) is 5.10 Å². The lowest BCUT2D eigenvalue weighted by atomic mass is 10.1. The van der Waals surface area contributed by atoms with Crippen molar-refractivity contribution in [3.05, 3.63) is 35.3 Å². The van der Waals surface area contributed by atoms with Crippen molar-refractivity contribution in [1.82, 2.24) is 19.7 Å². The maximum absolute atomic E-state index is 12.5. The van der Waals surface area contributed by atoms with Crippen LogP contribution >= 0.6 is 0 Å². The van der Waals surface area contributed by atoms with Crippen molar-refractivity contribution in [2.24, 2.45) is 7.05 Å². The van der Waals surface area contributed by atoms with E-state index in [9.17, 15) is 4.79 Å². The summed E-state index contributed by atoms with van der Waals surface area (Å²) < 4.78 is 12.9. The molecular formula is C15H18N4O3. The lowest BCUT2D eigenvalue weighted by Crippen LogP contribution is -2.36. The summed E-state index contributed by atoms with van der Waals surface area (Å²) in [5.41, 5.74) is 1.47. The zero-order valence-corrected chi connectivity index (χ0v) is 12.5. The zero-order valence-electron chi connectivity index (χ0n) is 12.5. The van der Waals surface area contributed by atoms with E-state index in [0.29, 0.717) is 31.8 Å². The Balaban J connectivity index is 1.54. The van der Waals surface area contributed by atoms with E-state index in [2.05, 4.69) is 10.1 Å². The lowest BCUT2D eigenvalue weighted by molar-refractivity contribution is 0.0716. The maximum atomic E-state index is 12.5. The minimum absolute atomic E-state index is 0.0144. The van der Waals surface area contributed by atoms with Crippen molar-refractivity contribution >= 4 is 5.91 Å². The number of rotatable bonds is 2. The van der Waals surface area contributed by atoms with E-state index in [1.807, 2.05) is 0 Å². The number of hydrogen-bond donors (Lipinski definition) is 0. The number of amides is 1. The van der Waals surface area contributed by atoms with E-state index in [1.54, 1.807) is 28.9 Å². The molecule has 4 heterocycles. The normalized spacial score (nSPS) is 21.1. The van der Waals surface area contributed by atoms with Crippen LogP contribution < -0.4 is 0 Å². The first-order valence-corrected chi connectivity index (χ1v) is 7.56. The first-order valence-electron chi connectivity index (χ1n) is 7.56. The Morgan fingerprint density at radius 1 is 1.45 bits per heavy atom. The Kier molecular flexibility index (Phi) is 3.22. The van der Waals surface area contributed by atoms with Gasteiger partial charge in [0.2, 0.25) is 0 Å². The molecule has 1 fully saturated rings. The molecule has 1 saturated heterocycles. The van der Waals surface area contributed by atoms with E-state index < -0.39 is 0 Å². The van der Waals surface area contributed by atoms with Crippen molar-refractivity contribution in [3.8, 4) is 0 Å². The minimum Gasteiger partial charge on any atom is -0.445 e. The van der Waals surface area contributed by atoms with Crippen molar-refractivity contribution in [2.45, 2.75) is 25.3 Å². The van der Waals surface area contributed by atoms with Gasteiger partial charge >= 0.3 is 0 Å². The molecule has 2 aliphatic heterocycles. The van der Waals surface area contributed by atoms with Crippen LogP contribution in [0.15, 0.2) is 16.7 Å². The summed E-state index contributed by atoms with van der Waals surface area (Å²) in [4.78, 5) is 18.9. The van der Waals surface area contributed by atoms with Crippen LogP contribution in [0.5, 0.6) is 0 Å². The molecule has 1 unspecified atom stereocenters. The van der Waals surface area contributed by atoms with Gasteiger partial charge in [0.1, 0.15) is 17.1 Å². The number of aromatic nitrogens is 3. The molecule has 4 rings (SSSR count). The molecule has 0 saturated carbocycles. The first-order chi connectivity index (χ1) is 10.7. The second kappa shape index (κ2) is 5.24. The highest BCUT2D eigenvalue weighted by Crippen LogP contribution is 2.29. The molecule has 0 bridgehead atoms. The molecule has 7 nitrogen and oxygen atoms in total. The monoisotopic (exact) mass is 302 g/mol. The first kappa shape index (κ1) is 13.5. The number of carbonyl (C=O) groups excluding carboxylic acids is 1. The summed E-state index contributed by atoms with van der Waals surface area (Å²) in [6, 6.07) is 1.74. The Hall–Kier alpha value is -2.15. The van der Waals surface area contributed by atoms with Gasteiger partial charge in [0.25, 0.3) is 5.91 Å². The van der Waals surface area contributed by atoms with Gasteiger partial charge in [-0.3, -0.25) is 9.48 Å². The second-order valence-electron chi connectivity index (χ2n) is 5.80. The Labute approximate surface area is 127 Å². The molecule has 1 atom stereocenters. The summed E-state index contributed by atoms with van der Waals surface area (Å²) in [7, 11) is 1.77. The lowest BCUT2D eigenvalue weighted by Gasteiger charge is -2.25. The molecule has 0 radical (unpaired) electrons. The molecule has 0 aromatic carbocycles. The molecular weight excluding hydrogens is 284 g/mol. The molecule has 0 aliphatic carbocycles. The van der Waals surface area contributed by atoms with E-state index in [0.717, 1.165) is 30.4 Å². The molecule has 1 amide bonds. The van der Waals surface area contributed by atoms with Crippen LogP contribution in [0.1, 0.15) is 40.2 Å². The molecule has 0 spiro atoms. The Bertz CT molecular complexity index is 699. The van der Waals surface area contributed by atoms with Gasteiger partial charge in [0.05, 0.1) is 19.1 Å². The fourth-order valence-electron chi connectivity index (χ4n) is 3.04. The predicted molar refractivity (Wildman–Crippen MR) is 76.3 cm³/mol. The number of fused-ring (bicyclic) bond motifs is 1. The molecule has 22 heavy (non-hydrogen) atoms. The van der Waals surface area contributed by atoms with Gasteiger partial charge in [-0.15, -0.1) is 0 Å². The number of oxazole rings is 1. The fourth-order valence-corrected chi connectivity index (χ4v) is 3.04. The topological polar surface area (TPSA) is 73.4 Å². The van der Waals surface area contributed by atoms with Crippen LogP contribution in [0, 0.1) is 0 Å². The number of nitrogens with zero attached hydrogens (tertiary/aromatic N) is 4. The average molecular weight is 302 g/mol. The molecule has 116 valence electrons. The highest BCUT2D eigenvalue weighted by Gasteiger charge is 2.30. The molecule has 2 aromatic heterocycles. The number of carbonyl (C=O) groups is 1. The summed E-state index contributed by atoms with van der Waals surface area (Å²) in [6.07, 6.45) is 3.30. The van der Waals surface area contributed by atoms with E-state index in [-0.39, 0.29) is 11.8 Å². The van der Waals surface area contributed by atoms with Crippen LogP contribution in [0.4, 0.5) is 0 Å². The largest absolute Gasteiger partial charge is 0.445 e. The standard InChI is InChI=1S/C15H18N4O3/c1-18-12(2-5-16-18)15(20)19-6-3-13-11(8-19)17-14(22-13)10-4-7-21-9-10/h2,5,10H,3-4,6-9H2,1H3. The van der Waals surface area contributed by atoms with Gasteiger partial charge < -0.3 is 14.1 Å². The summed E-state index contributed by atoms with van der Waals surface area (Å²) in [6.45, 7) is 2.59. The maximum Gasteiger partial charge on any atom is 0.272 e. The fraction of sp³-hybridized carbons (Fsp3) is 0.533. The SMILES string of the molecule is Cn1nccc1C(=O)N1CCc2oc(C3CCOC3)nc2C1. The van der Waals surface area contributed by atoms with Crippen LogP contribution in [0.25, 0.3) is 0 Å². The van der Waals surface area contributed by atoms with Gasteiger partial charge in [-0.25, -0.2) is 4.98 Å². The van der Waals surface area contributed by atoms with Crippen LogP contribution in [-0.4, -0.2) is 45.3 Å². The predicted octanol–water partition coefficient (Wildman–Crippen LogP) is 1.11. The summed E-state index contributed by atoms with van der Waals surface area (Å²) >= 11 is 0. The third-order valence-electron chi connectivity index (χ3n) is 4.35. The molecule has 2 aliphatic rings. The van der Waals surface area contributed by atoms with Gasteiger partial charge in [-0.1, -0.05) is 0 Å². The van der Waals surface area contributed by atoms with Crippen molar-refractivity contribution in [1.29, 1.82) is 0 Å². The summed E-state index contributed by atoms with van der Waals surface area (Å²) in [5.74, 6) is 1.92. The van der Waals surface area contributed by atoms with E-state index in [4.69, 9.17) is 9.15 Å². The highest BCUT2D eigenvalue weighted by atomic mass is 16.5. The summed E-state index contributed by atoms with van der Waals surface area (Å²) in [5, 5.41) is 4.05. The van der Waals surface area contributed by atoms with Crippen molar-refractivity contribution in [3.63, 3.8) is 0 Å². The number of hydrogen-bond acceptors (Lipinski definition) is 5. The van der Waals surface area contributed by atoms with E-state index in [1.165, 1.54) is 0 Å². The van der Waals surface area contributed by atoms with Crippen molar-refractivity contribution < 1.29 is 13.9 Å². The quantitative estimate of drug-likeness (QED) is 0.831. The molecule has 7 heteroatoms. The zero-order chi connectivity index (χ0) is 15.1. The van der Waals surface area contributed by atoms with Crippen LogP contribution in [-0.2, 0) is 24.8 Å². The smallest absolute Gasteiger partial charge is 0.272 e. The number of aryl methyl sites for hydroxylation is 1. The van der Waals surface area contributed by atoms with Gasteiger partial charge in [-0.05, 0) is 12.5 Å². The second-order valence-corrected chi connectivity index (χ2v) is 5.80. The van der Waals surface area contributed by atoms with Crippen LogP contribution in [0.3, 0.4) is 0 Å². The molecule has 0 N–H and O–H groups in total. The van der Waals surface area contributed by atoms with E-state index >= 15 is 0 Å². The third kappa shape index (κ3) is 2.21. The Morgan fingerprint density at radius 2 is 2.36 bits per heavy atom. The van der Waals surface area contributed by atoms with Crippen LogP contribution in [0.2, 0.25) is 0 Å². The highest BCUT2D eigenvalue weighted by molar-refractivity contribution is 5.92. The number of ether oxygens (including phenoxy) is 1. The van der Waals surface area contributed by atoms with Gasteiger partial charge in [0, 0.05) is 32.8 Å². The van der Waals surface area contributed by atoms with Gasteiger partial charge in [0.15, 0.2) is 5.89 Å². The Morgan fingerprint density at radius 3 is 3.09 bits per heavy atom. The third-order valence-corrected chi connectivity index (χ3v) is 4.35.